The molecular weight excluding hydrogens is 520 g/mol. The Bertz CT molecular complexity index is 1440. The van der Waals surface area contributed by atoms with E-state index < -0.39 is 32.7 Å². The van der Waals surface area contributed by atoms with E-state index in [9.17, 15) is 21.6 Å². The first-order chi connectivity index (χ1) is 17.5. The highest BCUT2D eigenvalue weighted by atomic mass is 32.2. The lowest BCUT2D eigenvalue weighted by Gasteiger charge is -2.26. The van der Waals surface area contributed by atoms with E-state index >= 15 is 0 Å². The number of nitrogens with one attached hydrogen (secondary N) is 2. The van der Waals surface area contributed by atoms with Gasteiger partial charge in [-0.15, -0.1) is 0 Å². The van der Waals surface area contributed by atoms with Crippen molar-refractivity contribution in [1.29, 1.82) is 0 Å². The summed E-state index contributed by atoms with van der Waals surface area (Å²) < 4.78 is 66.1. The third-order valence-electron chi connectivity index (χ3n) is 5.17. The fourth-order valence-electron chi connectivity index (χ4n) is 3.23. The first-order valence-corrected chi connectivity index (χ1v) is 13.8. The molecule has 0 aliphatic carbocycles. The summed E-state index contributed by atoms with van der Waals surface area (Å²) in [7, 11) is -2.28. The number of sulfonamides is 1. The number of anilines is 3. The Morgan fingerprint density at radius 1 is 0.865 bits per heavy atom. The molecule has 0 aliphatic heterocycles. The molecule has 0 unspecified atom stereocenters. The number of benzene rings is 3. The zero-order valence-corrected chi connectivity index (χ0v) is 22.3. The topological polar surface area (TPSA) is 134 Å². The Kier molecular flexibility index (Phi) is 8.63. The molecule has 0 spiro atoms. The molecule has 13 heteroatoms. The van der Waals surface area contributed by atoms with Gasteiger partial charge in [-0.25, -0.2) is 12.7 Å². The number of rotatable bonds is 11. The van der Waals surface area contributed by atoms with Gasteiger partial charge < -0.3 is 14.8 Å². The van der Waals surface area contributed by atoms with Crippen molar-refractivity contribution < 1.29 is 31.1 Å². The molecule has 3 aromatic rings. The fourth-order valence-corrected chi connectivity index (χ4v) is 5.37. The van der Waals surface area contributed by atoms with Gasteiger partial charge in [0.15, 0.2) is 0 Å². The van der Waals surface area contributed by atoms with Gasteiger partial charge in [0.2, 0.25) is 5.91 Å². The lowest BCUT2D eigenvalue weighted by atomic mass is 10.3. The van der Waals surface area contributed by atoms with E-state index in [4.69, 9.17) is 9.47 Å². The third kappa shape index (κ3) is 6.70. The van der Waals surface area contributed by atoms with Crippen molar-refractivity contribution >= 4 is 43.2 Å². The van der Waals surface area contributed by atoms with Crippen molar-refractivity contribution in [3.63, 3.8) is 0 Å². The minimum absolute atomic E-state index is 0.0514. The summed E-state index contributed by atoms with van der Waals surface area (Å²) in [5, 5.41) is 2.60. The van der Waals surface area contributed by atoms with Crippen LogP contribution in [0.1, 0.15) is 0 Å². The van der Waals surface area contributed by atoms with Crippen LogP contribution in [0.2, 0.25) is 0 Å². The SMILES string of the molecule is COc1ccc(NS(=O)(=O)c2ccc(NC(=O)CN(c3ccccc3)S(=O)(=O)N(C)C)cc2)c(OC)c1. The maximum Gasteiger partial charge on any atom is 0.304 e. The van der Waals surface area contributed by atoms with Gasteiger partial charge in [0.25, 0.3) is 10.0 Å². The minimum Gasteiger partial charge on any atom is -0.497 e. The maximum absolute atomic E-state index is 12.9. The zero-order valence-electron chi connectivity index (χ0n) is 20.7. The van der Waals surface area contributed by atoms with Crippen LogP contribution in [0.15, 0.2) is 77.7 Å². The van der Waals surface area contributed by atoms with Gasteiger partial charge in [-0.1, -0.05) is 18.2 Å². The molecule has 3 aromatic carbocycles. The van der Waals surface area contributed by atoms with Crippen LogP contribution in [0.4, 0.5) is 17.1 Å². The summed E-state index contributed by atoms with van der Waals surface area (Å²) in [6.45, 7) is -0.483. The summed E-state index contributed by atoms with van der Waals surface area (Å²) in [4.78, 5) is 12.7. The second-order valence-electron chi connectivity index (χ2n) is 7.88. The monoisotopic (exact) mass is 548 g/mol. The molecule has 0 radical (unpaired) electrons. The van der Waals surface area contributed by atoms with Crippen LogP contribution in [0, 0.1) is 0 Å². The first kappa shape index (κ1) is 27.8. The molecule has 0 saturated heterocycles. The van der Waals surface area contributed by atoms with E-state index in [0.29, 0.717) is 17.1 Å². The Hall–Kier alpha value is -3.81. The lowest BCUT2D eigenvalue weighted by molar-refractivity contribution is -0.114. The van der Waals surface area contributed by atoms with Crippen molar-refractivity contribution in [1.82, 2.24) is 4.31 Å². The van der Waals surface area contributed by atoms with E-state index in [1.807, 2.05) is 0 Å². The molecule has 0 aromatic heterocycles. The number of methoxy groups -OCH3 is 2. The Morgan fingerprint density at radius 2 is 1.51 bits per heavy atom. The average Bonchev–Trinajstić information content (AvgIpc) is 2.88. The fraction of sp³-hybridized carbons (Fsp3) is 0.208. The van der Waals surface area contributed by atoms with Crippen molar-refractivity contribution in [3.05, 3.63) is 72.8 Å². The predicted octanol–water partition coefficient (Wildman–Crippen LogP) is 2.76. The van der Waals surface area contributed by atoms with Gasteiger partial charge in [-0.2, -0.15) is 12.7 Å². The van der Waals surface area contributed by atoms with Crippen molar-refractivity contribution in [3.8, 4) is 11.5 Å². The van der Waals surface area contributed by atoms with Crippen LogP contribution in [-0.4, -0.2) is 61.9 Å². The average molecular weight is 549 g/mol. The van der Waals surface area contributed by atoms with Gasteiger partial charge in [0.1, 0.15) is 18.0 Å². The van der Waals surface area contributed by atoms with E-state index in [1.54, 1.807) is 42.5 Å². The number of amides is 1. The third-order valence-corrected chi connectivity index (χ3v) is 8.37. The molecule has 0 heterocycles. The van der Waals surface area contributed by atoms with Crippen molar-refractivity contribution in [2.45, 2.75) is 4.90 Å². The minimum atomic E-state index is -3.97. The highest BCUT2D eigenvalue weighted by Crippen LogP contribution is 2.31. The van der Waals surface area contributed by atoms with Crippen LogP contribution in [0.3, 0.4) is 0 Å². The molecule has 0 aliphatic rings. The van der Waals surface area contributed by atoms with Crippen LogP contribution >= 0.6 is 0 Å². The largest absolute Gasteiger partial charge is 0.497 e. The second-order valence-corrected chi connectivity index (χ2v) is 11.6. The number of carbonyl (C=O) groups is 1. The number of para-hydroxylation sites is 1. The normalized spacial score (nSPS) is 11.6. The van der Waals surface area contributed by atoms with Crippen molar-refractivity contribution in [2.24, 2.45) is 0 Å². The molecule has 37 heavy (non-hydrogen) atoms. The summed E-state index contributed by atoms with van der Waals surface area (Å²) in [5.74, 6) is 0.178. The summed E-state index contributed by atoms with van der Waals surface area (Å²) in [6, 6.07) is 18.3. The molecule has 2 N–H and O–H groups in total. The molecule has 198 valence electrons. The highest BCUT2D eigenvalue weighted by molar-refractivity contribution is 7.92. The Morgan fingerprint density at radius 3 is 2.08 bits per heavy atom. The molecule has 1 amide bonds. The predicted molar refractivity (Wildman–Crippen MR) is 142 cm³/mol. The smallest absolute Gasteiger partial charge is 0.304 e. The molecule has 0 saturated carbocycles. The second kappa shape index (κ2) is 11.5. The molecule has 3 rings (SSSR count). The molecule has 0 bridgehead atoms. The van der Waals surface area contributed by atoms with Gasteiger partial charge in [-0.3, -0.25) is 9.52 Å². The number of hydrogen-bond donors (Lipinski definition) is 2. The van der Waals surface area contributed by atoms with Crippen LogP contribution < -0.4 is 23.8 Å². The number of ether oxygens (including phenoxy) is 2. The van der Waals surface area contributed by atoms with Gasteiger partial charge >= 0.3 is 10.2 Å². The summed E-state index contributed by atoms with van der Waals surface area (Å²) in [6.07, 6.45) is 0. The molecule has 11 nitrogen and oxygen atoms in total. The van der Waals surface area contributed by atoms with Gasteiger partial charge in [-0.05, 0) is 48.5 Å². The summed E-state index contributed by atoms with van der Waals surface area (Å²) in [5.41, 5.74) is 0.845. The van der Waals surface area contributed by atoms with E-state index in [2.05, 4.69) is 10.0 Å². The van der Waals surface area contributed by atoms with Crippen LogP contribution in [0.25, 0.3) is 0 Å². The first-order valence-electron chi connectivity index (χ1n) is 10.9. The molecular formula is C24H28N4O7S2. The highest BCUT2D eigenvalue weighted by Gasteiger charge is 2.27. The molecule has 0 atom stereocenters. The zero-order chi connectivity index (χ0) is 27.2. The van der Waals surface area contributed by atoms with Gasteiger partial charge in [0, 0.05) is 25.8 Å². The number of carbonyl (C=O) groups excluding carboxylic acids is 1. The Labute approximate surface area is 216 Å². The lowest BCUT2D eigenvalue weighted by Crippen LogP contribution is -2.44. The summed E-state index contributed by atoms with van der Waals surface area (Å²) >= 11 is 0. The van der Waals surface area contributed by atoms with E-state index in [-0.39, 0.29) is 16.3 Å². The maximum atomic E-state index is 12.9. The Balaban J connectivity index is 1.75. The molecule has 0 fully saturated rings. The van der Waals surface area contributed by atoms with E-state index in [1.165, 1.54) is 58.6 Å². The quantitative estimate of drug-likeness (QED) is 0.376. The van der Waals surface area contributed by atoms with Crippen LogP contribution in [0.5, 0.6) is 11.5 Å². The van der Waals surface area contributed by atoms with Crippen LogP contribution in [-0.2, 0) is 25.0 Å². The number of nitrogens with zero attached hydrogens (tertiary/aromatic N) is 2. The standard InChI is InChI=1S/C24H28N4O7S2/c1-27(2)37(32,33)28(19-8-6-5-7-9-19)17-24(29)25-18-10-13-21(14-11-18)36(30,31)26-22-15-12-20(34-3)16-23(22)35-4/h5-16,26H,17H2,1-4H3,(H,25,29). The van der Waals surface area contributed by atoms with Crippen molar-refractivity contribution in [2.75, 3.05) is 49.2 Å². The van der Waals surface area contributed by atoms with Gasteiger partial charge in [0.05, 0.1) is 30.5 Å². The van der Waals surface area contributed by atoms with E-state index in [0.717, 1.165) is 8.61 Å². The number of hydrogen-bond acceptors (Lipinski definition) is 7.